The second-order valence-electron chi connectivity index (χ2n) is 8.29. The minimum Gasteiger partial charge on any atom is -0.375 e. The van der Waals surface area contributed by atoms with Crippen LogP contribution < -0.4 is 0 Å². The monoisotopic (exact) mass is 381 g/mol. The van der Waals surface area contributed by atoms with Crippen molar-refractivity contribution < 1.29 is 22.7 Å². The lowest BCUT2D eigenvalue weighted by atomic mass is 9.71. The van der Waals surface area contributed by atoms with Gasteiger partial charge in [-0.1, -0.05) is 12.1 Å². The van der Waals surface area contributed by atoms with Gasteiger partial charge < -0.3 is 9.64 Å². The average Bonchev–Trinajstić information content (AvgIpc) is 2.66. The number of carbonyl (C=O) groups excluding carboxylic acids is 1. The van der Waals surface area contributed by atoms with Crippen LogP contribution >= 0.6 is 0 Å². The number of carbonyl (C=O) groups is 1. The van der Waals surface area contributed by atoms with E-state index in [0.717, 1.165) is 56.2 Å². The van der Waals surface area contributed by atoms with E-state index in [1.807, 2.05) is 4.90 Å². The molecule has 3 nitrogen and oxygen atoms in total. The van der Waals surface area contributed by atoms with E-state index in [0.29, 0.717) is 19.7 Å². The maximum atomic E-state index is 12.9. The van der Waals surface area contributed by atoms with Crippen molar-refractivity contribution in [3.8, 4) is 0 Å². The average molecular weight is 381 g/mol. The lowest BCUT2D eigenvalue weighted by Gasteiger charge is -2.47. The number of alkyl halides is 3. The Kier molecular flexibility index (Phi) is 4.95. The van der Waals surface area contributed by atoms with Crippen molar-refractivity contribution in [2.45, 2.75) is 62.6 Å². The zero-order valence-corrected chi connectivity index (χ0v) is 15.4. The van der Waals surface area contributed by atoms with Crippen LogP contribution in [0.25, 0.3) is 0 Å². The van der Waals surface area contributed by atoms with E-state index in [-0.39, 0.29) is 23.3 Å². The third-order valence-electron chi connectivity index (χ3n) is 6.62. The smallest absolute Gasteiger partial charge is 0.375 e. The van der Waals surface area contributed by atoms with Crippen molar-refractivity contribution in [1.29, 1.82) is 0 Å². The van der Waals surface area contributed by atoms with Gasteiger partial charge in [0.2, 0.25) is 5.91 Å². The van der Waals surface area contributed by atoms with Crippen LogP contribution in [-0.4, -0.2) is 36.1 Å². The van der Waals surface area contributed by atoms with Gasteiger partial charge in [0.25, 0.3) is 0 Å². The first-order valence-electron chi connectivity index (χ1n) is 9.96. The first-order chi connectivity index (χ1) is 12.9. The van der Waals surface area contributed by atoms with E-state index in [1.54, 1.807) is 12.1 Å². The van der Waals surface area contributed by atoms with Crippen molar-refractivity contribution >= 4 is 5.91 Å². The van der Waals surface area contributed by atoms with Gasteiger partial charge in [-0.25, -0.2) is 0 Å². The van der Waals surface area contributed by atoms with Gasteiger partial charge in [0, 0.05) is 25.6 Å². The van der Waals surface area contributed by atoms with Crippen LogP contribution in [0.2, 0.25) is 0 Å². The van der Waals surface area contributed by atoms with Crippen LogP contribution in [0.15, 0.2) is 24.3 Å². The second kappa shape index (κ2) is 7.12. The number of rotatable bonds is 2. The van der Waals surface area contributed by atoms with E-state index in [1.165, 1.54) is 6.42 Å². The molecule has 1 aliphatic carbocycles. The molecule has 27 heavy (non-hydrogen) atoms. The molecule has 1 saturated carbocycles. The summed E-state index contributed by atoms with van der Waals surface area (Å²) in [5.41, 5.74) is 0.301. The van der Waals surface area contributed by atoms with Crippen molar-refractivity contribution in [3.63, 3.8) is 0 Å². The van der Waals surface area contributed by atoms with E-state index < -0.39 is 11.7 Å². The minimum absolute atomic E-state index is 0.0306. The molecule has 148 valence electrons. The van der Waals surface area contributed by atoms with Crippen LogP contribution in [-0.2, 0) is 15.7 Å². The number of benzene rings is 1. The van der Waals surface area contributed by atoms with Crippen molar-refractivity contribution in [1.82, 2.24) is 4.90 Å². The molecule has 4 rings (SSSR count). The lowest BCUT2D eigenvalue weighted by molar-refractivity contribution is -0.163. The Morgan fingerprint density at radius 2 is 1.74 bits per heavy atom. The molecule has 1 amide bonds. The number of halogens is 3. The van der Waals surface area contributed by atoms with Crippen molar-refractivity contribution in [2.75, 3.05) is 19.7 Å². The molecule has 1 aromatic rings. The number of ether oxygens (including phenoxy) is 1. The molecular weight excluding hydrogens is 355 g/mol. The Labute approximate surface area is 157 Å². The first kappa shape index (κ1) is 18.8. The lowest BCUT2D eigenvalue weighted by Crippen LogP contribution is -2.50. The van der Waals surface area contributed by atoms with Crippen molar-refractivity contribution in [3.05, 3.63) is 35.4 Å². The number of likely N-dealkylation sites (tertiary alicyclic amines) is 1. The Hall–Kier alpha value is -1.56. The predicted octanol–water partition coefficient (Wildman–Crippen LogP) is 4.76. The maximum Gasteiger partial charge on any atom is 0.416 e. The summed E-state index contributed by atoms with van der Waals surface area (Å²) >= 11 is 0. The summed E-state index contributed by atoms with van der Waals surface area (Å²) in [7, 11) is 0. The summed E-state index contributed by atoms with van der Waals surface area (Å²) in [5, 5.41) is 0. The summed E-state index contributed by atoms with van der Waals surface area (Å²) in [6, 6.07) is 5.49. The van der Waals surface area contributed by atoms with Gasteiger partial charge in [0.05, 0.1) is 11.2 Å². The molecule has 0 aromatic heterocycles. The molecule has 1 spiro atoms. The van der Waals surface area contributed by atoms with Crippen LogP contribution in [0, 0.1) is 5.92 Å². The van der Waals surface area contributed by atoms with Crippen molar-refractivity contribution in [2.24, 2.45) is 5.92 Å². The zero-order valence-electron chi connectivity index (χ0n) is 15.4. The normalized spacial score (nSPS) is 26.0. The van der Waals surface area contributed by atoms with E-state index in [2.05, 4.69) is 0 Å². The van der Waals surface area contributed by atoms with E-state index >= 15 is 0 Å². The summed E-state index contributed by atoms with van der Waals surface area (Å²) in [6.45, 7) is 2.06. The van der Waals surface area contributed by atoms with Gasteiger partial charge in [0.1, 0.15) is 0 Å². The van der Waals surface area contributed by atoms with Crippen LogP contribution in [0.5, 0.6) is 0 Å². The number of hydrogen-bond donors (Lipinski definition) is 0. The molecule has 3 aliphatic rings. The van der Waals surface area contributed by atoms with Gasteiger partial charge >= 0.3 is 6.18 Å². The Morgan fingerprint density at radius 1 is 1.07 bits per heavy atom. The largest absolute Gasteiger partial charge is 0.416 e. The summed E-state index contributed by atoms with van der Waals surface area (Å²) in [4.78, 5) is 14.9. The van der Waals surface area contributed by atoms with E-state index in [9.17, 15) is 18.0 Å². The number of nitrogens with zero attached hydrogens (tertiary/aromatic N) is 1. The first-order valence-corrected chi connectivity index (χ1v) is 9.96. The summed E-state index contributed by atoms with van der Waals surface area (Å²) in [5.74, 6) is 0.543. The van der Waals surface area contributed by atoms with Crippen LogP contribution in [0.1, 0.15) is 62.0 Å². The zero-order chi connectivity index (χ0) is 19.1. The SMILES string of the molecule is O=C(C1CCOC2(CCC2)C1)N1CCC(c2ccc(C(F)(F)F)cc2)CC1. The molecule has 1 aromatic carbocycles. The molecule has 1 atom stereocenters. The highest BCUT2D eigenvalue weighted by molar-refractivity contribution is 5.79. The minimum atomic E-state index is -4.30. The fourth-order valence-corrected chi connectivity index (χ4v) is 4.79. The quantitative estimate of drug-likeness (QED) is 0.739. The third-order valence-corrected chi connectivity index (χ3v) is 6.62. The fraction of sp³-hybridized carbons (Fsp3) is 0.667. The molecule has 0 bridgehead atoms. The molecule has 2 aliphatic heterocycles. The second-order valence-corrected chi connectivity index (χ2v) is 8.29. The highest BCUT2D eigenvalue weighted by Crippen LogP contribution is 2.45. The summed E-state index contributed by atoms with van der Waals surface area (Å²) in [6.07, 6.45) is 2.33. The Morgan fingerprint density at radius 3 is 2.30 bits per heavy atom. The summed E-state index contributed by atoms with van der Waals surface area (Å²) < 4.78 is 44.1. The van der Waals surface area contributed by atoms with Gasteiger partial charge in [0.15, 0.2) is 0 Å². The predicted molar refractivity (Wildman–Crippen MR) is 95.3 cm³/mol. The molecule has 2 heterocycles. The Bertz CT molecular complexity index is 674. The van der Waals surface area contributed by atoms with Gasteiger partial charge in [-0.05, 0) is 68.6 Å². The highest BCUT2D eigenvalue weighted by Gasteiger charge is 2.45. The third kappa shape index (κ3) is 3.86. The number of piperidine rings is 1. The highest BCUT2D eigenvalue weighted by atomic mass is 19.4. The fourth-order valence-electron chi connectivity index (χ4n) is 4.79. The maximum absolute atomic E-state index is 12.9. The molecule has 0 radical (unpaired) electrons. The molecule has 2 saturated heterocycles. The topological polar surface area (TPSA) is 29.5 Å². The van der Waals surface area contributed by atoms with Gasteiger partial charge in [-0.3, -0.25) is 4.79 Å². The Balaban J connectivity index is 1.32. The standard InChI is InChI=1S/C21H26F3NO2/c22-21(23,24)18-4-2-15(3-5-18)16-6-11-25(12-7-16)19(26)17-8-13-27-20(14-17)9-1-10-20/h2-5,16-17H,1,6-14H2. The van der Waals surface area contributed by atoms with Gasteiger partial charge in [-0.15, -0.1) is 0 Å². The molecular formula is C21H26F3NO2. The molecule has 0 N–H and O–H groups in total. The molecule has 3 fully saturated rings. The van der Waals surface area contributed by atoms with Crippen LogP contribution in [0.3, 0.4) is 0 Å². The van der Waals surface area contributed by atoms with Gasteiger partial charge in [-0.2, -0.15) is 13.2 Å². The number of amides is 1. The molecule has 1 unspecified atom stereocenters. The number of hydrogen-bond acceptors (Lipinski definition) is 2. The van der Waals surface area contributed by atoms with Crippen LogP contribution in [0.4, 0.5) is 13.2 Å². The van der Waals surface area contributed by atoms with E-state index in [4.69, 9.17) is 4.74 Å². The molecule has 6 heteroatoms.